The Labute approximate surface area is 71.8 Å². The molecule has 0 amide bonds. The summed E-state index contributed by atoms with van der Waals surface area (Å²) in [5, 5.41) is 0. The predicted molar refractivity (Wildman–Crippen MR) is 48.2 cm³/mol. The molecule has 1 atom stereocenters. The Hall–Kier alpha value is -1.05. The number of rotatable bonds is 0. The highest BCUT2D eigenvalue weighted by molar-refractivity contribution is 5.09. The van der Waals surface area contributed by atoms with Gasteiger partial charge in [0.25, 0.3) is 0 Å². The SMILES string of the molecule is CC1CCc2cc(=O)ccn2C1. The first-order valence-corrected chi connectivity index (χ1v) is 4.45. The van der Waals surface area contributed by atoms with Gasteiger partial charge in [0.05, 0.1) is 0 Å². The van der Waals surface area contributed by atoms with Crippen LogP contribution in [-0.2, 0) is 13.0 Å². The molecular formula is C10H13NO. The lowest BCUT2D eigenvalue weighted by atomic mass is 9.99. The van der Waals surface area contributed by atoms with Crippen molar-refractivity contribution in [2.75, 3.05) is 0 Å². The molecule has 0 saturated heterocycles. The molecule has 64 valence electrons. The molecule has 1 aromatic rings. The molecule has 0 bridgehead atoms. The molecule has 1 aromatic heterocycles. The van der Waals surface area contributed by atoms with Crippen LogP contribution in [0.3, 0.4) is 0 Å². The lowest BCUT2D eigenvalue weighted by Gasteiger charge is -2.23. The highest BCUT2D eigenvalue weighted by Gasteiger charge is 2.12. The fourth-order valence-corrected chi connectivity index (χ4v) is 1.77. The van der Waals surface area contributed by atoms with Gasteiger partial charge in [-0.15, -0.1) is 0 Å². The summed E-state index contributed by atoms with van der Waals surface area (Å²) in [6.45, 7) is 3.32. The summed E-state index contributed by atoms with van der Waals surface area (Å²) in [4.78, 5) is 11.0. The van der Waals surface area contributed by atoms with Crippen molar-refractivity contribution in [3.8, 4) is 0 Å². The van der Waals surface area contributed by atoms with Gasteiger partial charge in [0.2, 0.25) is 0 Å². The highest BCUT2D eigenvalue weighted by atomic mass is 16.1. The Kier molecular flexibility index (Phi) is 1.75. The van der Waals surface area contributed by atoms with Crippen molar-refractivity contribution in [2.24, 2.45) is 5.92 Å². The maximum Gasteiger partial charge on any atom is 0.181 e. The van der Waals surface area contributed by atoms with Crippen LogP contribution in [0.15, 0.2) is 23.1 Å². The molecule has 1 aliphatic heterocycles. The van der Waals surface area contributed by atoms with E-state index in [1.54, 1.807) is 12.1 Å². The van der Waals surface area contributed by atoms with Crippen LogP contribution in [0.5, 0.6) is 0 Å². The Bertz CT molecular complexity index is 340. The predicted octanol–water partition coefficient (Wildman–Crippen LogP) is 1.43. The van der Waals surface area contributed by atoms with Gasteiger partial charge >= 0.3 is 0 Å². The van der Waals surface area contributed by atoms with Gasteiger partial charge < -0.3 is 4.57 Å². The molecule has 0 aliphatic carbocycles. The van der Waals surface area contributed by atoms with Crippen LogP contribution in [0.4, 0.5) is 0 Å². The second kappa shape index (κ2) is 2.77. The summed E-state index contributed by atoms with van der Waals surface area (Å²) in [5.41, 5.74) is 1.33. The average molecular weight is 163 g/mol. The van der Waals surface area contributed by atoms with E-state index in [0.29, 0.717) is 0 Å². The number of nitrogens with zero attached hydrogens (tertiary/aromatic N) is 1. The Balaban J connectivity index is 2.43. The summed E-state index contributed by atoms with van der Waals surface area (Å²) in [7, 11) is 0. The first kappa shape index (κ1) is 7.59. The Morgan fingerprint density at radius 1 is 1.58 bits per heavy atom. The summed E-state index contributed by atoms with van der Waals surface area (Å²) >= 11 is 0. The van der Waals surface area contributed by atoms with E-state index >= 15 is 0 Å². The molecule has 2 rings (SSSR count). The van der Waals surface area contributed by atoms with E-state index in [2.05, 4.69) is 11.5 Å². The van der Waals surface area contributed by atoms with Crippen molar-refractivity contribution in [1.82, 2.24) is 4.57 Å². The Morgan fingerprint density at radius 2 is 2.42 bits per heavy atom. The van der Waals surface area contributed by atoms with Gasteiger partial charge in [-0.3, -0.25) is 4.79 Å². The minimum atomic E-state index is 0.135. The molecule has 0 aromatic carbocycles. The van der Waals surface area contributed by atoms with Crippen molar-refractivity contribution >= 4 is 0 Å². The first-order chi connectivity index (χ1) is 5.75. The second-order valence-corrected chi connectivity index (χ2v) is 3.65. The van der Waals surface area contributed by atoms with Crippen LogP contribution in [0, 0.1) is 5.92 Å². The van der Waals surface area contributed by atoms with Gasteiger partial charge in [-0.1, -0.05) is 6.92 Å². The van der Waals surface area contributed by atoms with Gasteiger partial charge in [-0.05, 0) is 18.8 Å². The number of hydrogen-bond donors (Lipinski definition) is 0. The minimum absolute atomic E-state index is 0.135. The molecule has 0 spiro atoms. The fourth-order valence-electron chi connectivity index (χ4n) is 1.77. The van der Waals surface area contributed by atoms with Crippen LogP contribution in [0.1, 0.15) is 19.0 Å². The zero-order chi connectivity index (χ0) is 8.55. The molecule has 1 aliphatic rings. The maximum atomic E-state index is 11.0. The largest absolute Gasteiger partial charge is 0.351 e. The third kappa shape index (κ3) is 1.29. The van der Waals surface area contributed by atoms with Crippen molar-refractivity contribution in [3.05, 3.63) is 34.2 Å². The molecular weight excluding hydrogens is 150 g/mol. The van der Waals surface area contributed by atoms with E-state index in [4.69, 9.17) is 0 Å². The van der Waals surface area contributed by atoms with Gasteiger partial charge in [0.15, 0.2) is 5.43 Å². The molecule has 2 heterocycles. The second-order valence-electron chi connectivity index (χ2n) is 3.65. The monoisotopic (exact) mass is 163 g/mol. The van der Waals surface area contributed by atoms with Crippen molar-refractivity contribution in [2.45, 2.75) is 26.3 Å². The van der Waals surface area contributed by atoms with Crippen molar-refractivity contribution < 1.29 is 0 Å². The van der Waals surface area contributed by atoms with Crippen LogP contribution < -0.4 is 5.43 Å². The molecule has 12 heavy (non-hydrogen) atoms. The third-order valence-corrected chi connectivity index (χ3v) is 2.50. The van der Waals surface area contributed by atoms with Gasteiger partial charge in [-0.2, -0.15) is 0 Å². The Morgan fingerprint density at radius 3 is 3.25 bits per heavy atom. The van der Waals surface area contributed by atoms with Crippen LogP contribution in [0.2, 0.25) is 0 Å². The molecule has 0 N–H and O–H groups in total. The zero-order valence-corrected chi connectivity index (χ0v) is 7.29. The van der Waals surface area contributed by atoms with Gasteiger partial charge in [0, 0.05) is 30.6 Å². The third-order valence-electron chi connectivity index (χ3n) is 2.50. The van der Waals surface area contributed by atoms with Gasteiger partial charge in [0.1, 0.15) is 0 Å². The zero-order valence-electron chi connectivity index (χ0n) is 7.29. The molecule has 0 radical (unpaired) electrons. The van der Waals surface area contributed by atoms with E-state index in [1.165, 1.54) is 12.1 Å². The minimum Gasteiger partial charge on any atom is -0.351 e. The van der Waals surface area contributed by atoms with Crippen molar-refractivity contribution in [1.29, 1.82) is 0 Å². The number of aromatic nitrogens is 1. The molecule has 2 nitrogen and oxygen atoms in total. The normalized spacial score (nSPS) is 21.9. The van der Waals surface area contributed by atoms with Gasteiger partial charge in [-0.25, -0.2) is 0 Å². The van der Waals surface area contributed by atoms with Crippen molar-refractivity contribution in [3.63, 3.8) is 0 Å². The summed E-state index contributed by atoms with van der Waals surface area (Å²) in [6.07, 6.45) is 4.17. The van der Waals surface area contributed by atoms with E-state index in [1.807, 2.05) is 6.20 Å². The molecule has 1 unspecified atom stereocenters. The van der Waals surface area contributed by atoms with Crippen LogP contribution in [-0.4, -0.2) is 4.57 Å². The number of aryl methyl sites for hydroxylation is 1. The summed E-state index contributed by atoms with van der Waals surface area (Å²) in [5.74, 6) is 0.750. The lowest BCUT2D eigenvalue weighted by molar-refractivity contribution is 0.395. The maximum absolute atomic E-state index is 11.0. The van der Waals surface area contributed by atoms with Crippen LogP contribution in [0.25, 0.3) is 0 Å². The van der Waals surface area contributed by atoms with Crippen LogP contribution >= 0.6 is 0 Å². The smallest absolute Gasteiger partial charge is 0.181 e. The molecule has 0 saturated carbocycles. The van der Waals surface area contributed by atoms with E-state index in [0.717, 1.165) is 18.9 Å². The fraction of sp³-hybridized carbons (Fsp3) is 0.500. The number of pyridine rings is 1. The van der Waals surface area contributed by atoms with E-state index < -0.39 is 0 Å². The van der Waals surface area contributed by atoms with E-state index in [-0.39, 0.29) is 5.43 Å². The quantitative estimate of drug-likeness (QED) is 0.567. The summed E-state index contributed by atoms with van der Waals surface area (Å²) in [6, 6.07) is 3.40. The topological polar surface area (TPSA) is 22.0 Å². The lowest BCUT2D eigenvalue weighted by Crippen LogP contribution is -2.21. The van der Waals surface area contributed by atoms with E-state index in [9.17, 15) is 4.79 Å². The number of hydrogen-bond acceptors (Lipinski definition) is 1. The standard InChI is InChI=1S/C10H13NO/c1-8-2-3-9-6-10(12)4-5-11(9)7-8/h4-6,8H,2-3,7H2,1H3. The number of fused-ring (bicyclic) bond motifs is 1. The first-order valence-electron chi connectivity index (χ1n) is 4.45. The molecule has 0 fully saturated rings. The summed E-state index contributed by atoms with van der Waals surface area (Å²) < 4.78 is 2.19. The molecule has 2 heteroatoms. The highest BCUT2D eigenvalue weighted by Crippen LogP contribution is 2.17. The average Bonchev–Trinajstić information content (AvgIpc) is 2.05.